The van der Waals surface area contributed by atoms with E-state index in [1.54, 1.807) is 11.8 Å². The van der Waals surface area contributed by atoms with Crippen LogP contribution in [0, 0.1) is 13.8 Å². The number of hydrogen-bond donors (Lipinski definition) is 2. The molecule has 4 nitrogen and oxygen atoms in total. The van der Waals surface area contributed by atoms with Gasteiger partial charge in [0.25, 0.3) is 0 Å². The second-order valence-electron chi connectivity index (χ2n) is 3.40. The largest absolute Gasteiger partial charge is 0.308 e. The van der Waals surface area contributed by atoms with Gasteiger partial charge in [0.15, 0.2) is 0 Å². The van der Waals surface area contributed by atoms with E-state index in [1.165, 1.54) is 12.8 Å². The number of hydrazine groups is 1. The van der Waals surface area contributed by atoms with Crippen LogP contribution < -0.4 is 11.3 Å². The summed E-state index contributed by atoms with van der Waals surface area (Å²) >= 11 is 1.77. The van der Waals surface area contributed by atoms with Gasteiger partial charge in [-0.2, -0.15) is 0 Å². The number of hydrogen-bond acceptors (Lipinski definition) is 5. The lowest BCUT2D eigenvalue weighted by molar-refractivity contribution is 0.888. The molecule has 0 aliphatic rings. The molecule has 0 unspecified atom stereocenters. The van der Waals surface area contributed by atoms with Crippen molar-refractivity contribution in [2.75, 3.05) is 11.2 Å². The highest BCUT2D eigenvalue weighted by atomic mass is 32.2. The van der Waals surface area contributed by atoms with Gasteiger partial charge in [0.05, 0.1) is 0 Å². The van der Waals surface area contributed by atoms with Crippen molar-refractivity contribution in [2.45, 2.75) is 38.6 Å². The first kappa shape index (κ1) is 12.3. The van der Waals surface area contributed by atoms with E-state index in [9.17, 15) is 0 Å². The van der Waals surface area contributed by atoms with E-state index in [2.05, 4.69) is 22.3 Å². The van der Waals surface area contributed by atoms with Crippen LogP contribution in [0.1, 0.15) is 31.2 Å². The third kappa shape index (κ3) is 3.35. The molecular weight excluding hydrogens is 208 g/mol. The van der Waals surface area contributed by atoms with Gasteiger partial charge in [-0.15, -0.1) is 11.8 Å². The van der Waals surface area contributed by atoms with Crippen molar-refractivity contribution in [1.29, 1.82) is 0 Å². The van der Waals surface area contributed by atoms with E-state index in [1.807, 2.05) is 13.8 Å². The van der Waals surface area contributed by atoms with Crippen molar-refractivity contribution in [3.05, 3.63) is 11.4 Å². The lowest BCUT2D eigenvalue weighted by Crippen LogP contribution is -2.12. The zero-order valence-electron chi connectivity index (χ0n) is 9.50. The lowest BCUT2D eigenvalue weighted by atomic mass is 10.3. The van der Waals surface area contributed by atoms with Crippen molar-refractivity contribution in [3.63, 3.8) is 0 Å². The third-order valence-electron chi connectivity index (χ3n) is 2.09. The lowest BCUT2D eigenvalue weighted by Gasteiger charge is -2.09. The highest BCUT2D eigenvalue weighted by molar-refractivity contribution is 7.99. The Morgan fingerprint density at radius 3 is 2.67 bits per heavy atom. The summed E-state index contributed by atoms with van der Waals surface area (Å²) in [6.07, 6.45) is 2.41. The summed E-state index contributed by atoms with van der Waals surface area (Å²) in [5, 5.41) is 1.03. The molecule has 1 aromatic heterocycles. The molecule has 0 atom stereocenters. The maximum absolute atomic E-state index is 5.39. The van der Waals surface area contributed by atoms with Crippen LogP contribution in [0.3, 0.4) is 0 Å². The number of thioether (sulfide) groups is 1. The number of nitrogens with two attached hydrogens (primary N) is 1. The van der Waals surface area contributed by atoms with Crippen LogP contribution in [-0.4, -0.2) is 15.7 Å². The normalized spacial score (nSPS) is 10.4. The summed E-state index contributed by atoms with van der Waals surface area (Å²) in [5.74, 6) is 7.97. The number of aryl methyl sites for hydroxylation is 1. The molecular formula is C10H18N4S. The maximum Gasteiger partial charge on any atom is 0.147 e. The number of anilines is 1. The average molecular weight is 226 g/mol. The quantitative estimate of drug-likeness (QED) is 0.265. The Labute approximate surface area is 95.0 Å². The summed E-state index contributed by atoms with van der Waals surface area (Å²) in [6.45, 7) is 6.05. The molecule has 5 heteroatoms. The molecule has 84 valence electrons. The molecule has 1 rings (SSSR count). The van der Waals surface area contributed by atoms with Gasteiger partial charge in [0, 0.05) is 5.56 Å². The van der Waals surface area contributed by atoms with Crippen LogP contribution in [0.4, 0.5) is 5.82 Å². The second kappa shape index (κ2) is 5.92. The maximum atomic E-state index is 5.39. The fraction of sp³-hybridized carbons (Fsp3) is 0.600. The van der Waals surface area contributed by atoms with Gasteiger partial charge in [-0.05, 0) is 26.0 Å². The van der Waals surface area contributed by atoms with Gasteiger partial charge in [-0.25, -0.2) is 15.8 Å². The zero-order chi connectivity index (χ0) is 11.3. The summed E-state index contributed by atoms with van der Waals surface area (Å²) in [4.78, 5) is 8.63. The number of nitrogens with one attached hydrogen (secondary N) is 1. The van der Waals surface area contributed by atoms with Gasteiger partial charge < -0.3 is 5.43 Å². The van der Waals surface area contributed by atoms with E-state index in [0.717, 1.165) is 28.0 Å². The summed E-state index contributed by atoms with van der Waals surface area (Å²) in [6, 6.07) is 0. The number of nitrogen functional groups attached to an aromatic ring is 1. The fourth-order valence-corrected chi connectivity index (χ4v) is 2.33. The van der Waals surface area contributed by atoms with Crippen LogP contribution in [0.2, 0.25) is 0 Å². The molecule has 3 N–H and O–H groups in total. The smallest absolute Gasteiger partial charge is 0.147 e. The first-order chi connectivity index (χ1) is 7.19. The molecule has 0 bridgehead atoms. The summed E-state index contributed by atoms with van der Waals surface area (Å²) in [7, 11) is 0. The summed E-state index contributed by atoms with van der Waals surface area (Å²) < 4.78 is 0. The van der Waals surface area contributed by atoms with Crippen molar-refractivity contribution in [3.8, 4) is 0 Å². The number of unbranched alkanes of at least 4 members (excludes halogenated alkanes) is 1. The fourth-order valence-electron chi connectivity index (χ4n) is 1.20. The Balaban J connectivity index is 2.81. The van der Waals surface area contributed by atoms with Gasteiger partial charge in [-0.1, -0.05) is 13.3 Å². The number of rotatable bonds is 5. The van der Waals surface area contributed by atoms with Crippen molar-refractivity contribution in [2.24, 2.45) is 5.84 Å². The Hall–Kier alpha value is -0.810. The number of aromatic nitrogens is 2. The van der Waals surface area contributed by atoms with Crippen LogP contribution in [0.15, 0.2) is 5.03 Å². The highest BCUT2D eigenvalue weighted by Gasteiger charge is 2.08. The molecule has 0 aromatic carbocycles. The van der Waals surface area contributed by atoms with Crippen LogP contribution in [-0.2, 0) is 0 Å². The molecule has 0 fully saturated rings. The summed E-state index contributed by atoms with van der Waals surface area (Å²) in [5.41, 5.74) is 3.63. The predicted molar refractivity (Wildman–Crippen MR) is 64.9 cm³/mol. The minimum Gasteiger partial charge on any atom is -0.308 e. The molecule has 1 heterocycles. The van der Waals surface area contributed by atoms with Gasteiger partial charge in [0.2, 0.25) is 0 Å². The average Bonchev–Trinajstić information content (AvgIpc) is 2.23. The molecule has 0 aliphatic carbocycles. The Bertz CT molecular complexity index is 327. The van der Waals surface area contributed by atoms with Gasteiger partial charge in [0.1, 0.15) is 16.7 Å². The first-order valence-electron chi connectivity index (χ1n) is 5.13. The topological polar surface area (TPSA) is 63.8 Å². The van der Waals surface area contributed by atoms with E-state index in [4.69, 9.17) is 5.84 Å². The minimum absolute atomic E-state index is 0.724. The predicted octanol–water partition coefficient (Wildman–Crippen LogP) is 2.27. The Kier molecular flexibility index (Phi) is 4.84. The monoisotopic (exact) mass is 226 g/mol. The molecule has 0 radical (unpaired) electrons. The zero-order valence-corrected chi connectivity index (χ0v) is 10.3. The highest BCUT2D eigenvalue weighted by Crippen LogP contribution is 2.25. The molecule has 15 heavy (non-hydrogen) atoms. The van der Waals surface area contributed by atoms with Gasteiger partial charge in [-0.3, -0.25) is 0 Å². The van der Waals surface area contributed by atoms with Crippen LogP contribution >= 0.6 is 11.8 Å². The standard InChI is InChI=1S/C10H18N4S/c1-4-5-6-15-10-7(2)9(14-11)12-8(3)13-10/h4-6,11H2,1-3H3,(H,12,13,14). The van der Waals surface area contributed by atoms with Crippen LogP contribution in [0.5, 0.6) is 0 Å². The molecule has 0 aliphatic heterocycles. The van der Waals surface area contributed by atoms with Crippen LogP contribution in [0.25, 0.3) is 0 Å². The third-order valence-corrected chi connectivity index (χ3v) is 3.25. The first-order valence-corrected chi connectivity index (χ1v) is 6.12. The van der Waals surface area contributed by atoms with Crippen molar-refractivity contribution >= 4 is 17.6 Å². The molecule has 0 spiro atoms. The SMILES string of the molecule is CCCCSc1nc(C)nc(NN)c1C. The number of nitrogens with zero attached hydrogens (tertiary/aromatic N) is 2. The van der Waals surface area contributed by atoms with Crippen molar-refractivity contribution in [1.82, 2.24) is 9.97 Å². The molecule has 1 aromatic rings. The van der Waals surface area contributed by atoms with E-state index < -0.39 is 0 Å². The van der Waals surface area contributed by atoms with E-state index in [-0.39, 0.29) is 0 Å². The minimum atomic E-state index is 0.724. The van der Waals surface area contributed by atoms with Crippen molar-refractivity contribution < 1.29 is 0 Å². The second-order valence-corrected chi connectivity index (χ2v) is 4.48. The van der Waals surface area contributed by atoms with E-state index >= 15 is 0 Å². The Morgan fingerprint density at radius 2 is 2.07 bits per heavy atom. The molecule has 0 saturated carbocycles. The molecule has 0 saturated heterocycles. The molecule has 0 amide bonds. The Morgan fingerprint density at radius 1 is 1.33 bits per heavy atom. The van der Waals surface area contributed by atoms with E-state index in [0.29, 0.717) is 0 Å². The van der Waals surface area contributed by atoms with Gasteiger partial charge >= 0.3 is 0 Å².